The maximum absolute atomic E-state index is 3.67. The Morgan fingerprint density at radius 2 is 2.12 bits per heavy atom. The first kappa shape index (κ1) is 14.1. The summed E-state index contributed by atoms with van der Waals surface area (Å²) < 4.78 is 0.392. The van der Waals surface area contributed by atoms with Gasteiger partial charge in [0.15, 0.2) is 0 Å². The van der Waals surface area contributed by atoms with Crippen molar-refractivity contribution in [2.24, 2.45) is 5.92 Å². The first-order valence-electron chi connectivity index (χ1n) is 6.50. The number of rotatable bonds is 5. The molecule has 0 aromatic carbocycles. The van der Waals surface area contributed by atoms with Crippen molar-refractivity contribution in [2.75, 3.05) is 12.3 Å². The maximum atomic E-state index is 3.67. The predicted octanol–water partition coefficient (Wildman–Crippen LogP) is 3.85. The zero-order chi connectivity index (χ0) is 12.0. The number of nitrogens with one attached hydrogen (secondary N) is 1. The summed E-state index contributed by atoms with van der Waals surface area (Å²) >= 11 is 2.05. The van der Waals surface area contributed by atoms with Gasteiger partial charge in [0.1, 0.15) is 0 Å². The molecule has 0 bridgehead atoms. The molecular weight excluding hydrogens is 214 g/mol. The third kappa shape index (κ3) is 6.59. The van der Waals surface area contributed by atoms with Gasteiger partial charge < -0.3 is 5.32 Å². The summed E-state index contributed by atoms with van der Waals surface area (Å²) in [6, 6.07) is 0.634. The second-order valence-corrected chi connectivity index (χ2v) is 7.73. The third-order valence-electron chi connectivity index (χ3n) is 2.90. The molecule has 0 spiro atoms. The highest BCUT2D eigenvalue weighted by Gasteiger charge is 2.14. The van der Waals surface area contributed by atoms with Crippen LogP contribution in [0.4, 0.5) is 0 Å². The van der Waals surface area contributed by atoms with E-state index in [1.165, 1.54) is 31.6 Å². The average molecular weight is 241 g/mol. The minimum atomic E-state index is 0.392. The molecule has 2 unspecified atom stereocenters. The summed E-state index contributed by atoms with van der Waals surface area (Å²) in [6.07, 6.45) is 8.56. The van der Waals surface area contributed by atoms with Gasteiger partial charge in [0.2, 0.25) is 0 Å². The van der Waals surface area contributed by atoms with Crippen LogP contribution in [0.3, 0.4) is 0 Å². The average Bonchev–Trinajstić information content (AvgIpc) is 2.24. The summed E-state index contributed by atoms with van der Waals surface area (Å²) in [5.41, 5.74) is 0. The van der Waals surface area contributed by atoms with Gasteiger partial charge in [0, 0.05) is 16.5 Å². The van der Waals surface area contributed by atoms with Crippen molar-refractivity contribution in [1.82, 2.24) is 5.32 Å². The molecule has 0 saturated carbocycles. The fourth-order valence-electron chi connectivity index (χ4n) is 1.84. The van der Waals surface area contributed by atoms with Crippen LogP contribution in [0.1, 0.15) is 47.0 Å². The second kappa shape index (κ2) is 6.70. The van der Waals surface area contributed by atoms with Gasteiger partial charge >= 0.3 is 0 Å². The number of hydrogen-bond acceptors (Lipinski definition) is 2. The molecule has 16 heavy (non-hydrogen) atoms. The Hall–Kier alpha value is 0.0500. The van der Waals surface area contributed by atoms with Crippen LogP contribution in [0.25, 0.3) is 0 Å². The molecule has 0 aromatic heterocycles. The molecule has 94 valence electrons. The monoisotopic (exact) mass is 241 g/mol. The Bertz CT molecular complexity index is 217. The molecule has 0 saturated heterocycles. The van der Waals surface area contributed by atoms with Crippen LogP contribution in [-0.4, -0.2) is 23.1 Å². The Morgan fingerprint density at radius 1 is 1.38 bits per heavy atom. The van der Waals surface area contributed by atoms with Crippen LogP contribution in [0, 0.1) is 5.92 Å². The normalized spacial score (nSPS) is 23.4. The van der Waals surface area contributed by atoms with E-state index in [1.807, 2.05) is 0 Å². The van der Waals surface area contributed by atoms with E-state index in [1.54, 1.807) is 0 Å². The highest BCUT2D eigenvalue weighted by Crippen LogP contribution is 2.24. The molecule has 1 rings (SSSR count). The van der Waals surface area contributed by atoms with Crippen molar-refractivity contribution in [3.63, 3.8) is 0 Å². The van der Waals surface area contributed by atoms with Crippen LogP contribution in [0.2, 0.25) is 0 Å². The molecule has 1 aliphatic rings. The Balaban J connectivity index is 2.10. The van der Waals surface area contributed by atoms with Gasteiger partial charge in [-0.3, -0.25) is 0 Å². The molecule has 2 atom stereocenters. The lowest BCUT2D eigenvalue weighted by molar-refractivity contribution is 0.422. The van der Waals surface area contributed by atoms with Gasteiger partial charge in [0.05, 0.1) is 0 Å². The number of thioether (sulfide) groups is 1. The molecule has 0 aliphatic heterocycles. The SMILES string of the molecule is CC(CSC(C)(C)C)NCC1CC=CCC1. The highest BCUT2D eigenvalue weighted by atomic mass is 32.2. The van der Waals surface area contributed by atoms with Crippen LogP contribution in [0.5, 0.6) is 0 Å². The molecule has 2 heteroatoms. The summed E-state index contributed by atoms with van der Waals surface area (Å²) in [5, 5.41) is 3.67. The maximum Gasteiger partial charge on any atom is 0.0130 e. The van der Waals surface area contributed by atoms with Crippen molar-refractivity contribution < 1.29 is 0 Å². The summed E-state index contributed by atoms with van der Waals surface area (Å²) in [4.78, 5) is 0. The van der Waals surface area contributed by atoms with Crippen molar-refractivity contribution in [2.45, 2.75) is 57.7 Å². The quantitative estimate of drug-likeness (QED) is 0.734. The van der Waals surface area contributed by atoms with Gasteiger partial charge in [0.25, 0.3) is 0 Å². The van der Waals surface area contributed by atoms with Gasteiger partial charge in [-0.1, -0.05) is 32.9 Å². The molecule has 0 heterocycles. The van der Waals surface area contributed by atoms with Crippen LogP contribution in [0.15, 0.2) is 12.2 Å². The molecule has 0 amide bonds. The van der Waals surface area contributed by atoms with Crippen LogP contribution in [-0.2, 0) is 0 Å². The Morgan fingerprint density at radius 3 is 2.69 bits per heavy atom. The van der Waals surface area contributed by atoms with Crippen molar-refractivity contribution in [1.29, 1.82) is 0 Å². The van der Waals surface area contributed by atoms with E-state index in [9.17, 15) is 0 Å². The van der Waals surface area contributed by atoms with E-state index in [-0.39, 0.29) is 0 Å². The van der Waals surface area contributed by atoms with E-state index in [2.05, 4.69) is 56.9 Å². The first-order valence-corrected chi connectivity index (χ1v) is 7.48. The topological polar surface area (TPSA) is 12.0 Å². The summed E-state index contributed by atoms with van der Waals surface area (Å²) in [6.45, 7) is 10.4. The van der Waals surface area contributed by atoms with Crippen LogP contribution < -0.4 is 5.32 Å². The van der Waals surface area contributed by atoms with Gasteiger partial charge in [-0.15, -0.1) is 0 Å². The minimum Gasteiger partial charge on any atom is -0.313 e. The Kier molecular flexibility index (Phi) is 5.91. The lowest BCUT2D eigenvalue weighted by Crippen LogP contribution is -2.34. The third-order valence-corrected chi connectivity index (χ3v) is 4.43. The zero-order valence-electron chi connectivity index (χ0n) is 11.3. The Labute approximate surface area is 105 Å². The van der Waals surface area contributed by atoms with Gasteiger partial charge in [-0.05, 0) is 38.6 Å². The second-order valence-electron chi connectivity index (χ2n) is 5.88. The summed E-state index contributed by atoms with van der Waals surface area (Å²) in [5.74, 6) is 2.08. The van der Waals surface area contributed by atoms with Crippen LogP contribution >= 0.6 is 11.8 Å². The first-order chi connectivity index (χ1) is 7.47. The van der Waals surface area contributed by atoms with Gasteiger partial charge in [-0.2, -0.15) is 11.8 Å². The molecular formula is C14H27NS. The largest absolute Gasteiger partial charge is 0.313 e. The van der Waals surface area contributed by atoms with Crippen molar-refractivity contribution in [3.05, 3.63) is 12.2 Å². The molecule has 0 radical (unpaired) electrons. The standard InChI is InChI=1S/C14H27NS/c1-12(11-16-14(2,3)4)15-10-13-8-6-5-7-9-13/h5-6,12-13,15H,7-11H2,1-4H3. The lowest BCUT2D eigenvalue weighted by Gasteiger charge is -2.24. The fraction of sp³-hybridized carbons (Fsp3) is 0.857. The molecule has 1 N–H and O–H groups in total. The molecule has 1 aliphatic carbocycles. The lowest BCUT2D eigenvalue weighted by atomic mass is 9.94. The molecule has 0 fully saturated rings. The minimum absolute atomic E-state index is 0.392. The van der Waals surface area contributed by atoms with Crippen molar-refractivity contribution in [3.8, 4) is 0 Å². The number of allylic oxidation sites excluding steroid dienone is 2. The van der Waals surface area contributed by atoms with Crippen molar-refractivity contribution >= 4 is 11.8 Å². The van der Waals surface area contributed by atoms with E-state index < -0.39 is 0 Å². The zero-order valence-corrected chi connectivity index (χ0v) is 12.1. The fourth-order valence-corrected chi connectivity index (χ4v) is 2.71. The smallest absolute Gasteiger partial charge is 0.0130 e. The van der Waals surface area contributed by atoms with Gasteiger partial charge in [-0.25, -0.2) is 0 Å². The molecule has 0 aromatic rings. The van der Waals surface area contributed by atoms with E-state index >= 15 is 0 Å². The van der Waals surface area contributed by atoms with E-state index in [0.29, 0.717) is 10.8 Å². The number of hydrogen-bond donors (Lipinski definition) is 1. The predicted molar refractivity (Wildman–Crippen MR) is 76.2 cm³/mol. The molecule has 1 nitrogen and oxygen atoms in total. The van der Waals surface area contributed by atoms with E-state index in [0.717, 1.165) is 5.92 Å². The van der Waals surface area contributed by atoms with E-state index in [4.69, 9.17) is 0 Å². The summed E-state index contributed by atoms with van der Waals surface area (Å²) in [7, 11) is 0. The highest BCUT2D eigenvalue weighted by molar-refractivity contribution is 8.00.